The van der Waals surface area contributed by atoms with E-state index in [1.54, 1.807) is 12.1 Å². The number of hydrogen-bond donors (Lipinski definition) is 1. The maximum atomic E-state index is 12.5. The lowest BCUT2D eigenvalue weighted by molar-refractivity contribution is -0.274. The molecule has 12 heteroatoms. The first-order chi connectivity index (χ1) is 15.8. The van der Waals surface area contributed by atoms with E-state index in [0.29, 0.717) is 11.3 Å². The van der Waals surface area contributed by atoms with Gasteiger partial charge in [-0.15, -0.1) is 13.2 Å². The average molecular weight is 533 g/mol. The van der Waals surface area contributed by atoms with Crippen molar-refractivity contribution in [2.24, 2.45) is 0 Å². The molecule has 180 valence electrons. The zero-order valence-electron chi connectivity index (χ0n) is 17.4. The van der Waals surface area contributed by atoms with E-state index < -0.39 is 28.0 Å². The van der Waals surface area contributed by atoms with E-state index in [0.717, 1.165) is 22.7 Å². The molecule has 1 N–H and O–H groups in total. The molecule has 6 nitrogen and oxygen atoms in total. The Bertz CT molecular complexity index is 1260. The smallest absolute Gasteiger partial charge is 0.406 e. The van der Waals surface area contributed by atoms with Crippen LogP contribution in [0.15, 0.2) is 66.7 Å². The molecule has 0 radical (unpaired) electrons. The highest BCUT2D eigenvalue weighted by Crippen LogP contribution is 2.28. The summed E-state index contributed by atoms with van der Waals surface area (Å²) in [7, 11) is -3.68. The molecule has 0 aliphatic carbocycles. The molecule has 0 aliphatic heterocycles. The number of hydrogen-bond acceptors (Lipinski definition) is 4. The Morgan fingerprint density at radius 2 is 1.53 bits per heavy atom. The van der Waals surface area contributed by atoms with Gasteiger partial charge >= 0.3 is 6.36 Å². The van der Waals surface area contributed by atoms with Crippen molar-refractivity contribution in [2.75, 3.05) is 15.9 Å². The number of amides is 1. The van der Waals surface area contributed by atoms with Crippen LogP contribution in [0.2, 0.25) is 10.0 Å². The largest absolute Gasteiger partial charge is 0.573 e. The Labute approximate surface area is 203 Å². The molecule has 0 aromatic heterocycles. The van der Waals surface area contributed by atoms with Gasteiger partial charge in [0.2, 0.25) is 10.0 Å². The fourth-order valence-corrected chi connectivity index (χ4v) is 4.34. The summed E-state index contributed by atoms with van der Waals surface area (Å²) in [6.45, 7) is -0.0297. The van der Waals surface area contributed by atoms with Crippen LogP contribution in [0.1, 0.15) is 15.9 Å². The van der Waals surface area contributed by atoms with E-state index in [1.165, 1.54) is 42.5 Å². The highest BCUT2D eigenvalue weighted by Gasteiger charge is 2.31. The van der Waals surface area contributed by atoms with Gasteiger partial charge in [0.25, 0.3) is 5.91 Å². The molecular weight excluding hydrogens is 516 g/mol. The molecule has 0 heterocycles. The lowest BCUT2D eigenvalue weighted by Crippen LogP contribution is -2.29. The summed E-state index contributed by atoms with van der Waals surface area (Å²) >= 11 is 12.0. The van der Waals surface area contributed by atoms with Gasteiger partial charge in [0.15, 0.2) is 0 Å². The van der Waals surface area contributed by atoms with Crippen molar-refractivity contribution in [1.29, 1.82) is 0 Å². The summed E-state index contributed by atoms with van der Waals surface area (Å²) in [4.78, 5) is 12.5. The van der Waals surface area contributed by atoms with E-state index in [-0.39, 0.29) is 27.8 Å². The van der Waals surface area contributed by atoms with Gasteiger partial charge in [0.1, 0.15) is 5.75 Å². The van der Waals surface area contributed by atoms with Crippen molar-refractivity contribution in [2.45, 2.75) is 12.9 Å². The first-order valence-electron chi connectivity index (χ1n) is 9.50. The molecule has 1 amide bonds. The molecule has 3 rings (SSSR count). The number of sulfonamides is 1. The molecular formula is C22H17Cl2F3N2O4S. The fourth-order valence-electron chi connectivity index (χ4n) is 2.95. The topological polar surface area (TPSA) is 75.7 Å². The van der Waals surface area contributed by atoms with Crippen LogP contribution in [0.4, 0.5) is 24.5 Å². The number of ether oxygens (including phenoxy) is 1. The molecule has 0 saturated heterocycles. The standard InChI is InChI=1S/C22H17Cl2F3N2O4S/c1-34(31,32)29(19-11-16(23)10-17(24)12-19)13-14-2-4-15(5-3-14)21(30)28-18-6-8-20(9-7-18)33-22(25,26)27/h2-12H,13H2,1H3,(H,28,30). The zero-order valence-corrected chi connectivity index (χ0v) is 19.8. The first-order valence-corrected chi connectivity index (χ1v) is 12.1. The van der Waals surface area contributed by atoms with Gasteiger partial charge in [-0.25, -0.2) is 8.42 Å². The summed E-state index contributed by atoms with van der Waals surface area (Å²) in [6, 6.07) is 15.3. The number of carbonyl (C=O) groups is 1. The summed E-state index contributed by atoms with van der Waals surface area (Å²) in [5.41, 5.74) is 1.41. The molecule has 0 spiro atoms. The van der Waals surface area contributed by atoms with Crippen LogP contribution >= 0.6 is 23.2 Å². The van der Waals surface area contributed by atoms with E-state index >= 15 is 0 Å². The van der Waals surface area contributed by atoms with Gasteiger partial charge in [-0.3, -0.25) is 9.10 Å². The summed E-state index contributed by atoms with van der Waals surface area (Å²) in [5.74, 6) is -0.913. The molecule has 3 aromatic rings. The van der Waals surface area contributed by atoms with Crippen LogP contribution in [-0.2, 0) is 16.6 Å². The molecule has 0 saturated carbocycles. The number of nitrogens with one attached hydrogen (secondary N) is 1. The normalized spacial score (nSPS) is 11.7. The van der Waals surface area contributed by atoms with Crippen LogP contribution < -0.4 is 14.4 Å². The second kappa shape index (κ2) is 10.1. The highest BCUT2D eigenvalue weighted by molar-refractivity contribution is 7.92. The maximum Gasteiger partial charge on any atom is 0.573 e. The van der Waals surface area contributed by atoms with E-state index in [2.05, 4.69) is 10.1 Å². The van der Waals surface area contributed by atoms with Gasteiger partial charge in [-0.1, -0.05) is 35.3 Å². The number of rotatable bonds is 7. The second-order valence-electron chi connectivity index (χ2n) is 7.12. The molecule has 34 heavy (non-hydrogen) atoms. The Balaban J connectivity index is 1.71. The summed E-state index contributed by atoms with van der Waals surface area (Å²) in [5, 5.41) is 3.12. The molecule has 0 fully saturated rings. The lowest BCUT2D eigenvalue weighted by atomic mass is 10.1. The number of nitrogens with zero attached hydrogens (tertiary/aromatic N) is 1. The van der Waals surface area contributed by atoms with Crippen LogP contribution in [0, 0.1) is 0 Å². The third-order valence-corrected chi connectivity index (χ3v) is 6.00. The third kappa shape index (κ3) is 7.28. The van der Waals surface area contributed by atoms with Crippen LogP contribution in [0.25, 0.3) is 0 Å². The van der Waals surface area contributed by atoms with Crippen molar-refractivity contribution < 1.29 is 31.1 Å². The average Bonchev–Trinajstić information content (AvgIpc) is 2.71. The predicted octanol–water partition coefficient (Wildman–Crippen LogP) is 6.11. The van der Waals surface area contributed by atoms with Crippen molar-refractivity contribution in [3.8, 4) is 5.75 Å². The molecule has 3 aromatic carbocycles. The number of halogens is 5. The van der Waals surface area contributed by atoms with Gasteiger partial charge in [-0.05, 0) is 60.2 Å². The van der Waals surface area contributed by atoms with Crippen LogP contribution in [0.5, 0.6) is 5.75 Å². The van der Waals surface area contributed by atoms with Crippen LogP contribution in [0.3, 0.4) is 0 Å². The quantitative estimate of drug-likeness (QED) is 0.398. The second-order valence-corrected chi connectivity index (χ2v) is 9.90. The summed E-state index contributed by atoms with van der Waals surface area (Å²) in [6.07, 6.45) is -3.76. The first kappa shape index (κ1) is 25.7. The van der Waals surface area contributed by atoms with Crippen molar-refractivity contribution >= 4 is 50.5 Å². The minimum atomic E-state index is -4.81. The van der Waals surface area contributed by atoms with Gasteiger partial charge in [0.05, 0.1) is 18.5 Å². The fraction of sp³-hybridized carbons (Fsp3) is 0.136. The zero-order chi connectivity index (χ0) is 25.1. The predicted molar refractivity (Wildman–Crippen MR) is 125 cm³/mol. The van der Waals surface area contributed by atoms with Crippen LogP contribution in [-0.4, -0.2) is 26.9 Å². The van der Waals surface area contributed by atoms with Gasteiger partial charge in [-0.2, -0.15) is 0 Å². The minimum Gasteiger partial charge on any atom is -0.406 e. The number of anilines is 2. The minimum absolute atomic E-state index is 0.0297. The molecule has 0 unspecified atom stereocenters. The van der Waals surface area contributed by atoms with E-state index in [1.807, 2.05) is 0 Å². The van der Waals surface area contributed by atoms with Gasteiger partial charge < -0.3 is 10.1 Å². The van der Waals surface area contributed by atoms with Crippen molar-refractivity contribution in [3.63, 3.8) is 0 Å². The Kier molecular flexibility index (Phi) is 7.64. The van der Waals surface area contributed by atoms with E-state index in [4.69, 9.17) is 23.2 Å². The Hall–Kier alpha value is -2.95. The molecule has 0 aliphatic rings. The van der Waals surface area contributed by atoms with Crippen molar-refractivity contribution in [3.05, 3.63) is 87.9 Å². The van der Waals surface area contributed by atoms with E-state index in [9.17, 15) is 26.4 Å². The monoisotopic (exact) mass is 532 g/mol. The third-order valence-electron chi connectivity index (χ3n) is 4.42. The molecule has 0 atom stereocenters. The number of carbonyl (C=O) groups excluding carboxylic acids is 1. The van der Waals surface area contributed by atoms with Gasteiger partial charge in [0, 0.05) is 21.3 Å². The summed E-state index contributed by atoms with van der Waals surface area (Å²) < 4.78 is 66.3. The Morgan fingerprint density at radius 1 is 0.971 bits per heavy atom. The molecule has 0 bridgehead atoms. The van der Waals surface area contributed by atoms with Crippen molar-refractivity contribution in [1.82, 2.24) is 0 Å². The Morgan fingerprint density at radius 3 is 2.03 bits per heavy atom. The SMILES string of the molecule is CS(=O)(=O)N(Cc1ccc(C(=O)Nc2ccc(OC(F)(F)F)cc2)cc1)c1cc(Cl)cc(Cl)c1. The number of benzene rings is 3. The number of alkyl halides is 3. The maximum absolute atomic E-state index is 12.5. The highest BCUT2D eigenvalue weighted by atomic mass is 35.5. The lowest BCUT2D eigenvalue weighted by Gasteiger charge is -2.23.